The van der Waals surface area contributed by atoms with Crippen LogP contribution in [-0.2, 0) is 13.0 Å². The van der Waals surface area contributed by atoms with E-state index in [1.54, 1.807) is 12.1 Å². The molecule has 0 radical (unpaired) electrons. The third kappa shape index (κ3) is 2.15. The summed E-state index contributed by atoms with van der Waals surface area (Å²) in [5.74, 6) is 0.0625. The minimum absolute atomic E-state index is 0.0625. The molecule has 0 spiro atoms. The molecular formula is C14H11ClN4O. The van der Waals surface area contributed by atoms with Gasteiger partial charge in [-0.05, 0) is 24.6 Å². The van der Waals surface area contributed by atoms with Gasteiger partial charge in [-0.2, -0.15) is 5.26 Å². The van der Waals surface area contributed by atoms with E-state index in [0.717, 1.165) is 23.5 Å². The number of aromatic hydroxyl groups is 1. The zero-order chi connectivity index (χ0) is 14.1. The predicted molar refractivity (Wildman–Crippen MR) is 74.6 cm³/mol. The molecule has 1 aliphatic heterocycles. The molecule has 0 saturated carbocycles. The highest BCUT2D eigenvalue weighted by molar-refractivity contribution is 6.32. The molecule has 20 heavy (non-hydrogen) atoms. The Morgan fingerprint density at radius 1 is 1.35 bits per heavy atom. The largest absolute Gasteiger partial charge is 0.493 e. The summed E-state index contributed by atoms with van der Waals surface area (Å²) < 4.78 is 0. The van der Waals surface area contributed by atoms with Gasteiger partial charge in [0.2, 0.25) is 5.88 Å². The van der Waals surface area contributed by atoms with Gasteiger partial charge in [0.25, 0.3) is 0 Å². The van der Waals surface area contributed by atoms with E-state index in [9.17, 15) is 5.11 Å². The molecule has 0 unspecified atom stereocenters. The number of benzene rings is 1. The average molecular weight is 287 g/mol. The number of halogens is 1. The van der Waals surface area contributed by atoms with E-state index in [-0.39, 0.29) is 5.88 Å². The van der Waals surface area contributed by atoms with Crippen LogP contribution in [0.5, 0.6) is 5.88 Å². The van der Waals surface area contributed by atoms with E-state index in [0.29, 0.717) is 23.6 Å². The fourth-order valence-electron chi connectivity index (χ4n) is 2.35. The Morgan fingerprint density at radius 3 is 2.95 bits per heavy atom. The molecule has 0 amide bonds. The second kappa shape index (κ2) is 4.99. The van der Waals surface area contributed by atoms with Crippen LogP contribution in [0.2, 0.25) is 5.02 Å². The van der Waals surface area contributed by atoms with Gasteiger partial charge in [-0.25, -0.2) is 9.97 Å². The van der Waals surface area contributed by atoms with Crippen LogP contribution < -0.4 is 4.90 Å². The molecule has 1 aliphatic rings. The molecule has 1 aromatic carbocycles. The van der Waals surface area contributed by atoms with E-state index in [2.05, 4.69) is 14.9 Å². The van der Waals surface area contributed by atoms with Crippen molar-refractivity contribution in [2.45, 2.75) is 13.0 Å². The van der Waals surface area contributed by atoms with Gasteiger partial charge in [0.15, 0.2) is 0 Å². The quantitative estimate of drug-likeness (QED) is 0.870. The van der Waals surface area contributed by atoms with Crippen LogP contribution in [0.15, 0.2) is 24.5 Å². The number of fused-ring (bicyclic) bond motifs is 1. The third-order valence-corrected chi connectivity index (χ3v) is 3.74. The number of aromatic nitrogens is 2. The first kappa shape index (κ1) is 12.7. The number of hydrogen-bond acceptors (Lipinski definition) is 5. The van der Waals surface area contributed by atoms with Gasteiger partial charge in [-0.3, -0.25) is 0 Å². The molecule has 5 nitrogen and oxygen atoms in total. The monoisotopic (exact) mass is 286 g/mol. The Kier molecular flexibility index (Phi) is 3.17. The summed E-state index contributed by atoms with van der Waals surface area (Å²) in [4.78, 5) is 10.1. The fourth-order valence-corrected chi connectivity index (χ4v) is 2.57. The summed E-state index contributed by atoms with van der Waals surface area (Å²) >= 11 is 6.06. The summed E-state index contributed by atoms with van der Waals surface area (Å²) in [6, 6.07) is 7.41. The Labute approximate surface area is 121 Å². The number of hydrogen-bond donors (Lipinski definition) is 1. The second-order valence-electron chi connectivity index (χ2n) is 4.57. The summed E-state index contributed by atoms with van der Waals surface area (Å²) in [5, 5.41) is 19.0. The number of nitrogens with zero attached hydrogens (tertiary/aromatic N) is 4. The van der Waals surface area contributed by atoms with Crippen molar-refractivity contribution in [3.8, 4) is 11.9 Å². The molecule has 0 aliphatic carbocycles. The van der Waals surface area contributed by atoms with E-state index < -0.39 is 0 Å². The Hall–Kier alpha value is -2.32. The first-order chi connectivity index (χ1) is 9.69. The lowest BCUT2D eigenvalue weighted by Gasteiger charge is -2.30. The minimum atomic E-state index is 0.0625. The Morgan fingerprint density at radius 2 is 2.20 bits per heavy atom. The fraction of sp³-hybridized carbons (Fsp3) is 0.214. The molecule has 100 valence electrons. The standard InChI is InChI=1S/C14H11ClN4O/c15-12-5-10(2-1-9(12)6-16)19-4-3-11-13(7-19)17-8-18-14(11)20/h1-2,5,8H,3-4,7H2,(H,17,18,20). The minimum Gasteiger partial charge on any atom is -0.493 e. The summed E-state index contributed by atoms with van der Waals surface area (Å²) in [6.07, 6.45) is 2.04. The first-order valence-electron chi connectivity index (χ1n) is 6.15. The van der Waals surface area contributed by atoms with Crippen molar-refractivity contribution in [1.29, 1.82) is 5.26 Å². The third-order valence-electron chi connectivity index (χ3n) is 3.42. The number of anilines is 1. The van der Waals surface area contributed by atoms with E-state index in [1.165, 1.54) is 6.33 Å². The zero-order valence-corrected chi connectivity index (χ0v) is 11.3. The predicted octanol–water partition coefficient (Wildman–Crippen LogP) is 2.27. The first-order valence-corrected chi connectivity index (χ1v) is 6.53. The molecule has 0 atom stereocenters. The topological polar surface area (TPSA) is 73.0 Å². The van der Waals surface area contributed by atoms with Crippen LogP contribution in [0.25, 0.3) is 0 Å². The van der Waals surface area contributed by atoms with Gasteiger partial charge in [-0.15, -0.1) is 0 Å². The van der Waals surface area contributed by atoms with E-state index >= 15 is 0 Å². The summed E-state index contributed by atoms with van der Waals surface area (Å²) in [7, 11) is 0. The molecule has 1 N–H and O–H groups in total. The summed E-state index contributed by atoms with van der Waals surface area (Å²) in [5.41, 5.74) is 3.04. The van der Waals surface area contributed by atoms with Gasteiger partial charge >= 0.3 is 0 Å². The van der Waals surface area contributed by atoms with Crippen LogP contribution in [-0.4, -0.2) is 21.6 Å². The normalized spacial score (nSPS) is 13.7. The van der Waals surface area contributed by atoms with E-state index in [4.69, 9.17) is 16.9 Å². The highest BCUT2D eigenvalue weighted by Crippen LogP contribution is 2.29. The van der Waals surface area contributed by atoms with E-state index in [1.807, 2.05) is 12.1 Å². The van der Waals surface area contributed by atoms with Crippen molar-refractivity contribution in [2.24, 2.45) is 0 Å². The highest BCUT2D eigenvalue weighted by Gasteiger charge is 2.21. The van der Waals surface area contributed by atoms with Gasteiger partial charge in [0.1, 0.15) is 12.4 Å². The molecule has 2 heterocycles. The maximum absolute atomic E-state index is 9.70. The molecule has 6 heteroatoms. The summed E-state index contributed by atoms with van der Waals surface area (Å²) in [6.45, 7) is 1.34. The van der Waals surface area contributed by atoms with Crippen LogP contribution in [0.4, 0.5) is 5.69 Å². The van der Waals surface area contributed by atoms with Gasteiger partial charge < -0.3 is 10.0 Å². The van der Waals surface area contributed by atoms with Gasteiger partial charge in [-0.1, -0.05) is 11.6 Å². The van der Waals surface area contributed by atoms with Crippen molar-refractivity contribution in [3.05, 3.63) is 46.4 Å². The van der Waals surface area contributed by atoms with Gasteiger partial charge in [0.05, 0.1) is 22.8 Å². The van der Waals surface area contributed by atoms with Crippen LogP contribution in [0.3, 0.4) is 0 Å². The molecular weight excluding hydrogens is 276 g/mol. The van der Waals surface area contributed by atoms with Crippen molar-refractivity contribution in [2.75, 3.05) is 11.4 Å². The van der Waals surface area contributed by atoms with Crippen LogP contribution in [0.1, 0.15) is 16.8 Å². The Bertz CT molecular complexity index is 711. The van der Waals surface area contributed by atoms with Crippen molar-refractivity contribution < 1.29 is 5.11 Å². The van der Waals surface area contributed by atoms with Crippen LogP contribution >= 0.6 is 11.6 Å². The van der Waals surface area contributed by atoms with Crippen molar-refractivity contribution in [1.82, 2.24) is 9.97 Å². The molecule has 0 bridgehead atoms. The lowest BCUT2D eigenvalue weighted by Crippen LogP contribution is -2.31. The second-order valence-corrected chi connectivity index (χ2v) is 4.98. The van der Waals surface area contributed by atoms with Crippen molar-refractivity contribution in [3.63, 3.8) is 0 Å². The molecule has 0 saturated heterocycles. The Balaban J connectivity index is 1.91. The van der Waals surface area contributed by atoms with Gasteiger partial charge in [0, 0.05) is 17.8 Å². The maximum atomic E-state index is 9.70. The lowest BCUT2D eigenvalue weighted by atomic mass is 10.1. The van der Waals surface area contributed by atoms with Crippen LogP contribution in [0, 0.1) is 11.3 Å². The molecule has 2 aromatic rings. The maximum Gasteiger partial charge on any atom is 0.217 e. The smallest absolute Gasteiger partial charge is 0.217 e. The zero-order valence-electron chi connectivity index (χ0n) is 10.5. The highest BCUT2D eigenvalue weighted by atomic mass is 35.5. The molecule has 3 rings (SSSR count). The number of rotatable bonds is 1. The number of nitriles is 1. The van der Waals surface area contributed by atoms with Crippen molar-refractivity contribution >= 4 is 17.3 Å². The molecule has 1 aromatic heterocycles. The molecule has 0 fully saturated rings. The lowest BCUT2D eigenvalue weighted by molar-refractivity contribution is 0.439. The average Bonchev–Trinajstić information content (AvgIpc) is 2.47. The SMILES string of the molecule is N#Cc1ccc(N2CCc3c(O)ncnc3C2)cc1Cl.